The molecule has 4 aliphatic rings. The fourth-order valence-electron chi connectivity index (χ4n) is 8.90. The minimum atomic E-state index is -0.557. The molecule has 12 heteroatoms. The van der Waals surface area contributed by atoms with Crippen LogP contribution in [0.25, 0.3) is 43.1 Å². The molecular weight excluding hydrogens is 712 g/mol. The Bertz CT molecular complexity index is 2420. The van der Waals surface area contributed by atoms with E-state index in [9.17, 15) is 0 Å². The lowest BCUT2D eigenvalue weighted by Crippen LogP contribution is -2.44. The Labute approximate surface area is 340 Å². The second-order valence-corrected chi connectivity index (χ2v) is 20.9. The highest BCUT2D eigenvalue weighted by atomic mass is 16.7. The van der Waals surface area contributed by atoms with Crippen molar-refractivity contribution in [3.63, 3.8) is 0 Å². The van der Waals surface area contributed by atoms with Crippen molar-refractivity contribution in [3.05, 3.63) is 48.5 Å². The minimum absolute atomic E-state index is 0.458. The van der Waals surface area contributed by atoms with E-state index in [-0.39, 0.29) is 0 Å². The zero-order valence-electron chi connectivity index (χ0n) is 36.9. The van der Waals surface area contributed by atoms with Crippen LogP contribution in [0.3, 0.4) is 0 Å². The Balaban J connectivity index is 1.36. The van der Waals surface area contributed by atoms with Crippen LogP contribution in [0.2, 0.25) is 0 Å². The SMILES string of the molecule is CCC1(C)OB(c2cc3cc(B4OC(C)(C)C(C)(C)O4)cc4c5cc(B6OC(C)(C)C(C)(C)O6)cc6cc(B7OC(C)(C)C(C)(C)O7)cc(c(c2)c34)c65)OC1(C)C. The third kappa shape index (κ3) is 5.75. The molecule has 5 aromatic carbocycles. The van der Waals surface area contributed by atoms with E-state index < -0.39 is 73.3 Å². The van der Waals surface area contributed by atoms with Gasteiger partial charge in [-0.1, -0.05) is 55.5 Å². The van der Waals surface area contributed by atoms with Crippen LogP contribution < -0.4 is 21.9 Å². The smallest absolute Gasteiger partial charge is 0.399 e. The first-order valence-electron chi connectivity index (χ1n) is 20.9. The van der Waals surface area contributed by atoms with Gasteiger partial charge in [0.2, 0.25) is 0 Å². The molecule has 4 heterocycles. The molecule has 5 aromatic rings. The highest BCUT2D eigenvalue weighted by Gasteiger charge is 2.56. The van der Waals surface area contributed by atoms with E-state index in [2.05, 4.69) is 159 Å². The molecule has 0 aliphatic carbocycles. The molecule has 0 aromatic heterocycles. The monoisotopic (exact) mass is 770 g/mol. The van der Waals surface area contributed by atoms with Crippen LogP contribution in [0.5, 0.6) is 0 Å². The van der Waals surface area contributed by atoms with Crippen LogP contribution in [0.4, 0.5) is 0 Å². The van der Waals surface area contributed by atoms with Gasteiger partial charge in [-0.15, -0.1) is 0 Å². The molecular formula is C45H58B4O8. The van der Waals surface area contributed by atoms with Gasteiger partial charge in [-0.2, -0.15) is 0 Å². The van der Waals surface area contributed by atoms with E-state index in [1.54, 1.807) is 0 Å². The first-order chi connectivity index (χ1) is 26.2. The number of hydrogen-bond donors (Lipinski definition) is 0. The largest absolute Gasteiger partial charge is 0.494 e. The highest BCUT2D eigenvalue weighted by Crippen LogP contribution is 2.45. The average Bonchev–Trinajstić information content (AvgIpc) is 3.67. The molecule has 4 saturated heterocycles. The van der Waals surface area contributed by atoms with Crippen LogP contribution in [0, 0.1) is 0 Å². The lowest BCUT2D eigenvalue weighted by atomic mass is 9.70. The molecule has 8 nitrogen and oxygen atoms in total. The maximum atomic E-state index is 6.84. The predicted molar refractivity (Wildman–Crippen MR) is 235 cm³/mol. The van der Waals surface area contributed by atoms with Gasteiger partial charge in [-0.05, 0) is 175 Å². The number of benzene rings is 5. The third-order valence-electron chi connectivity index (χ3n) is 15.3. The summed E-state index contributed by atoms with van der Waals surface area (Å²) in [4.78, 5) is 0. The first-order valence-corrected chi connectivity index (χ1v) is 20.9. The molecule has 0 radical (unpaired) electrons. The molecule has 0 saturated carbocycles. The quantitative estimate of drug-likeness (QED) is 0.105. The first kappa shape index (κ1) is 39.8. The standard InChI is InChI=1S/C45H58B4O8/c1-17-45(16)44(14,15)56-49(57-45)31-21-27-20-30(48-54-42(10,11)43(12,13)55-48)23-33-32-22-28(46-50-38(2,3)39(4,5)51-46)18-26-19-29(47-52-40(6,7)41(8,9)53-47)24-34(36(26)32)35(25-31)37(27)33/h18-25H,17H2,1-16H3. The fraction of sp³-hybridized carbons (Fsp3) is 0.556. The average molecular weight is 770 g/mol. The summed E-state index contributed by atoms with van der Waals surface area (Å²) in [5.74, 6) is 0. The van der Waals surface area contributed by atoms with Gasteiger partial charge in [0, 0.05) is 0 Å². The van der Waals surface area contributed by atoms with Crippen LogP contribution in [0.1, 0.15) is 117 Å². The van der Waals surface area contributed by atoms with Crippen molar-refractivity contribution >= 4 is 93.4 Å². The van der Waals surface area contributed by atoms with Crippen LogP contribution in [0.15, 0.2) is 48.5 Å². The van der Waals surface area contributed by atoms with Gasteiger partial charge in [-0.3, -0.25) is 0 Å². The van der Waals surface area contributed by atoms with Crippen molar-refractivity contribution < 1.29 is 37.2 Å². The molecule has 1 atom stereocenters. The van der Waals surface area contributed by atoms with Gasteiger partial charge in [0.05, 0.1) is 44.8 Å². The Kier molecular flexibility index (Phi) is 8.38. The van der Waals surface area contributed by atoms with Gasteiger partial charge in [0.15, 0.2) is 0 Å². The molecule has 4 aliphatic heterocycles. The third-order valence-corrected chi connectivity index (χ3v) is 15.3. The number of rotatable bonds is 5. The molecule has 4 fully saturated rings. The Hall–Kier alpha value is -2.66. The lowest BCUT2D eigenvalue weighted by Gasteiger charge is -2.35. The van der Waals surface area contributed by atoms with Crippen LogP contribution in [-0.2, 0) is 37.2 Å². The van der Waals surface area contributed by atoms with E-state index in [1.807, 2.05) is 0 Å². The molecule has 0 N–H and O–H groups in total. The molecule has 0 bridgehead atoms. The summed E-state index contributed by atoms with van der Waals surface area (Å²) in [6.07, 6.45) is 0.822. The van der Waals surface area contributed by atoms with Crippen molar-refractivity contribution in [1.82, 2.24) is 0 Å². The molecule has 0 spiro atoms. The summed E-state index contributed by atoms with van der Waals surface area (Å²) in [5.41, 5.74) is -0.124. The maximum Gasteiger partial charge on any atom is 0.494 e. The topological polar surface area (TPSA) is 73.8 Å². The van der Waals surface area contributed by atoms with E-state index in [4.69, 9.17) is 37.2 Å². The van der Waals surface area contributed by atoms with Gasteiger partial charge in [-0.25, -0.2) is 0 Å². The van der Waals surface area contributed by atoms with Gasteiger partial charge in [0.25, 0.3) is 0 Å². The molecule has 298 valence electrons. The normalized spacial score (nSPS) is 27.0. The lowest BCUT2D eigenvalue weighted by molar-refractivity contribution is -0.0118. The molecule has 0 amide bonds. The van der Waals surface area contributed by atoms with E-state index in [1.165, 1.54) is 0 Å². The fourth-order valence-corrected chi connectivity index (χ4v) is 8.90. The summed E-state index contributed by atoms with van der Waals surface area (Å²) in [6, 6.07) is 18.0. The zero-order valence-corrected chi connectivity index (χ0v) is 36.9. The Morgan fingerprint density at radius 1 is 0.333 bits per heavy atom. The van der Waals surface area contributed by atoms with E-state index >= 15 is 0 Å². The van der Waals surface area contributed by atoms with Crippen molar-refractivity contribution in [1.29, 1.82) is 0 Å². The Morgan fingerprint density at radius 2 is 0.561 bits per heavy atom. The van der Waals surface area contributed by atoms with Crippen LogP contribution >= 0.6 is 0 Å². The summed E-state index contributed by atoms with van der Waals surface area (Å²) in [5, 5.41) is 8.80. The maximum absolute atomic E-state index is 6.84. The molecule has 1 unspecified atom stereocenters. The summed E-state index contributed by atoms with van der Waals surface area (Å²) in [7, 11) is -2.22. The second-order valence-electron chi connectivity index (χ2n) is 20.9. The van der Waals surface area contributed by atoms with Crippen molar-refractivity contribution in [2.45, 2.75) is 162 Å². The van der Waals surface area contributed by atoms with E-state index in [0.717, 1.165) is 71.4 Å². The van der Waals surface area contributed by atoms with Gasteiger partial charge in [0.1, 0.15) is 0 Å². The summed E-state index contributed by atoms with van der Waals surface area (Å²) >= 11 is 0. The molecule has 9 rings (SSSR count). The zero-order chi connectivity index (χ0) is 41.3. The van der Waals surface area contributed by atoms with E-state index in [0.29, 0.717) is 0 Å². The Morgan fingerprint density at radius 3 is 0.789 bits per heavy atom. The molecule has 57 heavy (non-hydrogen) atoms. The highest BCUT2D eigenvalue weighted by molar-refractivity contribution is 6.66. The van der Waals surface area contributed by atoms with Crippen molar-refractivity contribution in [2.24, 2.45) is 0 Å². The van der Waals surface area contributed by atoms with Crippen LogP contribution in [-0.4, -0.2) is 73.3 Å². The minimum Gasteiger partial charge on any atom is -0.399 e. The van der Waals surface area contributed by atoms with Gasteiger partial charge < -0.3 is 37.2 Å². The second kappa shape index (κ2) is 12.0. The van der Waals surface area contributed by atoms with Crippen molar-refractivity contribution in [2.75, 3.05) is 0 Å². The summed E-state index contributed by atoms with van der Waals surface area (Å²) < 4.78 is 53.8. The van der Waals surface area contributed by atoms with Crippen molar-refractivity contribution in [3.8, 4) is 0 Å². The summed E-state index contributed by atoms with van der Waals surface area (Å²) in [6.45, 7) is 33.7. The predicted octanol–water partition coefficient (Wildman–Crippen LogP) is 7.32. The van der Waals surface area contributed by atoms with Gasteiger partial charge >= 0.3 is 28.5 Å². The number of hydrogen-bond acceptors (Lipinski definition) is 8. The number of fused-ring (bicyclic) bond motifs is 2.